The fraction of sp³-hybridized carbons (Fsp3) is 0.308. The normalized spacial score (nSPS) is 13.5. The van der Waals surface area contributed by atoms with Crippen LogP contribution in [0.25, 0.3) is 11.3 Å². The number of hydrogen-bond donors (Lipinski definition) is 1. The average Bonchev–Trinajstić information content (AvgIpc) is 2.93. The Hall–Kier alpha value is -1.55. The van der Waals surface area contributed by atoms with E-state index in [0.29, 0.717) is 0 Å². The lowest BCUT2D eigenvalue weighted by atomic mass is 10.1. The molecule has 3 rings (SSSR count). The zero-order valence-electron chi connectivity index (χ0n) is 9.69. The monoisotopic (exact) mass is 246 g/mol. The van der Waals surface area contributed by atoms with Crippen molar-refractivity contribution < 1.29 is 0 Å². The predicted molar refractivity (Wildman–Crippen MR) is 71.9 cm³/mol. The van der Waals surface area contributed by atoms with Crippen molar-refractivity contribution in [3.63, 3.8) is 0 Å². The molecule has 88 valence electrons. The van der Waals surface area contributed by atoms with Gasteiger partial charge in [0.1, 0.15) is 0 Å². The molecule has 0 saturated carbocycles. The number of fused-ring (bicyclic) bond motifs is 1. The summed E-state index contributed by atoms with van der Waals surface area (Å²) in [5, 5.41) is 5.30. The number of anilines is 1. The number of aromatic nitrogens is 1. The summed E-state index contributed by atoms with van der Waals surface area (Å²) < 4.78 is 1.83. The standard InChI is InChI=1S/C13H14N2OS/c1-2-15-12(8-17-13(15)16)10-3-4-11-9(7-10)5-6-14-11/h3-4,7-8,14H,2,5-6H2,1H3. The van der Waals surface area contributed by atoms with Gasteiger partial charge < -0.3 is 5.32 Å². The first-order chi connectivity index (χ1) is 8.29. The Morgan fingerprint density at radius 2 is 2.35 bits per heavy atom. The Morgan fingerprint density at radius 3 is 3.18 bits per heavy atom. The first kappa shape index (κ1) is 10.6. The van der Waals surface area contributed by atoms with Crippen molar-refractivity contribution >= 4 is 17.0 Å². The quantitative estimate of drug-likeness (QED) is 0.883. The van der Waals surface area contributed by atoms with Crippen LogP contribution in [0.3, 0.4) is 0 Å². The second-order valence-corrected chi connectivity index (χ2v) is 5.00. The average molecular weight is 246 g/mol. The lowest BCUT2D eigenvalue weighted by Crippen LogP contribution is -2.12. The van der Waals surface area contributed by atoms with Gasteiger partial charge in [0.15, 0.2) is 0 Å². The molecule has 0 bridgehead atoms. The minimum absolute atomic E-state index is 0.126. The summed E-state index contributed by atoms with van der Waals surface area (Å²) in [5.41, 5.74) is 4.77. The minimum Gasteiger partial charge on any atom is -0.384 e. The number of benzene rings is 1. The second-order valence-electron chi connectivity index (χ2n) is 4.18. The van der Waals surface area contributed by atoms with Crippen molar-refractivity contribution in [3.8, 4) is 11.3 Å². The van der Waals surface area contributed by atoms with E-state index in [1.807, 2.05) is 16.9 Å². The SMILES string of the molecule is CCn1c(-c2ccc3c(c2)CCN3)csc1=O. The van der Waals surface area contributed by atoms with Gasteiger partial charge in [-0.1, -0.05) is 17.4 Å². The van der Waals surface area contributed by atoms with Gasteiger partial charge in [-0.15, -0.1) is 0 Å². The zero-order chi connectivity index (χ0) is 11.8. The smallest absolute Gasteiger partial charge is 0.307 e. The van der Waals surface area contributed by atoms with Crippen molar-refractivity contribution in [2.45, 2.75) is 19.9 Å². The lowest BCUT2D eigenvalue weighted by molar-refractivity contribution is 0.757. The van der Waals surface area contributed by atoms with E-state index < -0.39 is 0 Å². The first-order valence-corrected chi connectivity index (χ1v) is 6.73. The minimum atomic E-state index is 0.126. The predicted octanol–water partition coefficient (Wildman–Crippen LogP) is 2.56. The number of thiazole rings is 1. The van der Waals surface area contributed by atoms with Crippen LogP contribution in [0, 0.1) is 0 Å². The number of nitrogens with one attached hydrogen (secondary N) is 1. The van der Waals surface area contributed by atoms with Crippen LogP contribution in [-0.2, 0) is 13.0 Å². The molecule has 1 N–H and O–H groups in total. The van der Waals surface area contributed by atoms with Crippen LogP contribution < -0.4 is 10.2 Å². The van der Waals surface area contributed by atoms with Gasteiger partial charge in [-0.25, -0.2) is 0 Å². The van der Waals surface area contributed by atoms with Gasteiger partial charge in [0.05, 0.1) is 5.69 Å². The molecule has 0 aliphatic carbocycles. The Bertz CT molecular complexity index is 612. The Morgan fingerprint density at radius 1 is 1.47 bits per heavy atom. The van der Waals surface area contributed by atoms with Gasteiger partial charge >= 0.3 is 4.87 Å². The molecular formula is C13H14N2OS. The Balaban J connectivity index is 2.12. The molecule has 0 unspecified atom stereocenters. The molecule has 0 radical (unpaired) electrons. The van der Waals surface area contributed by atoms with Crippen molar-refractivity contribution in [1.29, 1.82) is 0 Å². The van der Waals surface area contributed by atoms with E-state index in [0.717, 1.165) is 30.8 Å². The van der Waals surface area contributed by atoms with E-state index in [-0.39, 0.29) is 4.87 Å². The highest BCUT2D eigenvalue weighted by Gasteiger charge is 2.13. The summed E-state index contributed by atoms with van der Waals surface area (Å²) in [4.78, 5) is 11.8. The van der Waals surface area contributed by atoms with Crippen LogP contribution in [0.5, 0.6) is 0 Å². The number of hydrogen-bond acceptors (Lipinski definition) is 3. The van der Waals surface area contributed by atoms with Crippen molar-refractivity contribution in [1.82, 2.24) is 4.57 Å². The van der Waals surface area contributed by atoms with Crippen LogP contribution in [0.1, 0.15) is 12.5 Å². The maximum absolute atomic E-state index is 11.6. The summed E-state index contributed by atoms with van der Waals surface area (Å²) in [6.45, 7) is 3.75. The molecule has 2 aromatic rings. The largest absolute Gasteiger partial charge is 0.384 e. The molecule has 2 heterocycles. The summed E-state index contributed by atoms with van der Waals surface area (Å²) in [6.07, 6.45) is 1.07. The topological polar surface area (TPSA) is 34.0 Å². The second kappa shape index (κ2) is 4.04. The molecule has 0 fully saturated rings. The zero-order valence-corrected chi connectivity index (χ0v) is 10.5. The fourth-order valence-electron chi connectivity index (χ4n) is 2.32. The van der Waals surface area contributed by atoms with Gasteiger partial charge in [-0.05, 0) is 36.6 Å². The van der Waals surface area contributed by atoms with E-state index in [1.54, 1.807) is 0 Å². The molecule has 17 heavy (non-hydrogen) atoms. The highest BCUT2D eigenvalue weighted by Crippen LogP contribution is 2.28. The molecule has 3 nitrogen and oxygen atoms in total. The van der Waals surface area contributed by atoms with Gasteiger partial charge in [-0.3, -0.25) is 9.36 Å². The highest BCUT2D eigenvalue weighted by atomic mass is 32.1. The maximum atomic E-state index is 11.6. The van der Waals surface area contributed by atoms with Crippen LogP contribution in [0.2, 0.25) is 0 Å². The molecule has 0 amide bonds. The van der Waals surface area contributed by atoms with Crippen LogP contribution in [0.4, 0.5) is 5.69 Å². The third-order valence-corrected chi connectivity index (χ3v) is 3.97. The van der Waals surface area contributed by atoms with E-state index in [4.69, 9.17) is 0 Å². The molecule has 1 aromatic heterocycles. The maximum Gasteiger partial charge on any atom is 0.307 e. The molecular weight excluding hydrogens is 232 g/mol. The summed E-state index contributed by atoms with van der Waals surface area (Å²) >= 11 is 1.28. The fourth-order valence-corrected chi connectivity index (χ4v) is 3.15. The third kappa shape index (κ3) is 1.69. The Kier molecular flexibility index (Phi) is 2.52. The first-order valence-electron chi connectivity index (χ1n) is 5.85. The summed E-state index contributed by atoms with van der Waals surface area (Å²) in [7, 11) is 0. The molecule has 1 aliphatic heterocycles. The number of nitrogens with zero attached hydrogens (tertiary/aromatic N) is 1. The van der Waals surface area contributed by atoms with Crippen LogP contribution in [-0.4, -0.2) is 11.1 Å². The summed E-state index contributed by atoms with van der Waals surface area (Å²) in [5.74, 6) is 0. The third-order valence-electron chi connectivity index (χ3n) is 3.21. The lowest BCUT2D eigenvalue weighted by Gasteiger charge is -2.07. The van der Waals surface area contributed by atoms with E-state index >= 15 is 0 Å². The van der Waals surface area contributed by atoms with Crippen molar-refractivity contribution in [3.05, 3.63) is 38.8 Å². The van der Waals surface area contributed by atoms with E-state index in [2.05, 4.69) is 23.5 Å². The van der Waals surface area contributed by atoms with Crippen LogP contribution in [0.15, 0.2) is 28.4 Å². The molecule has 0 spiro atoms. The van der Waals surface area contributed by atoms with Gasteiger partial charge in [0, 0.05) is 24.2 Å². The van der Waals surface area contributed by atoms with Gasteiger partial charge in [-0.2, -0.15) is 0 Å². The Labute approximate surface area is 104 Å². The van der Waals surface area contributed by atoms with Crippen molar-refractivity contribution in [2.24, 2.45) is 0 Å². The number of rotatable bonds is 2. The van der Waals surface area contributed by atoms with Gasteiger partial charge in [0.2, 0.25) is 0 Å². The molecule has 4 heteroatoms. The highest BCUT2D eigenvalue weighted by molar-refractivity contribution is 7.07. The molecule has 1 aromatic carbocycles. The molecule has 1 aliphatic rings. The molecule has 0 atom stereocenters. The molecule has 0 saturated heterocycles. The summed E-state index contributed by atoms with van der Waals surface area (Å²) in [6, 6.07) is 6.40. The van der Waals surface area contributed by atoms with Gasteiger partial charge in [0.25, 0.3) is 0 Å². The van der Waals surface area contributed by atoms with Crippen molar-refractivity contribution in [2.75, 3.05) is 11.9 Å². The van der Waals surface area contributed by atoms with Crippen LogP contribution >= 0.6 is 11.3 Å². The van der Waals surface area contributed by atoms with E-state index in [9.17, 15) is 4.79 Å². The van der Waals surface area contributed by atoms with E-state index in [1.165, 1.54) is 22.6 Å².